The summed E-state index contributed by atoms with van der Waals surface area (Å²) in [5.41, 5.74) is 5.46. The van der Waals surface area contributed by atoms with Crippen LogP contribution in [-0.4, -0.2) is 33.8 Å². The summed E-state index contributed by atoms with van der Waals surface area (Å²) in [5.74, 6) is 1.08. The Labute approximate surface area is 112 Å². The molecule has 2 aromatic heterocycles. The topological polar surface area (TPSA) is 85.2 Å². The van der Waals surface area contributed by atoms with Crippen LogP contribution in [0.5, 0.6) is 0 Å². The largest absolute Gasteiger partial charge is 0.467 e. The lowest BCUT2D eigenvalue weighted by Gasteiger charge is -2.14. The van der Waals surface area contributed by atoms with Gasteiger partial charge >= 0.3 is 0 Å². The van der Waals surface area contributed by atoms with Crippen LogP contribution in [0.15, 0.2) is 27.2 Å². The van der Waals surface area contributed by atoms with Crippen molar-refractivity contribution >= 4 is 34.1 Å². The van der Waals surface area contributed by atoms with Crippen molar-refractivity contribution in [2.45, 2.75) is 10.9 Å². The van der Waals surface area contributed by atoms with E-state index in [0.29, 0.717) is 21.8 Å². The molecule has 0 unspecified atom stereocenters. The Balaban J connectivity index is 1.80. The summed E-state index contributed by atoms with van der Waals surface area (Å²) in [6.45, 7) is 0.463. The summed E-state index contributed by atoms with van der Waals surface area (Å²) >= 11 is 2.61. The fourth-order valence-corrected chi connectivity index (χ4v) is 2.81. The summed E-state index contributed by atoms with van der Waals surface area (Å²) in [6, 6.07) is 3.63. The second-order valence-corrected chi connectivity index (χ2v) is 5.76. The molecule has 0 aromatic carbocycles. The van der Waals surface area contributed by atoms with Gasteiger partial charge in [0.2, 0.25) is 11.0 Å². The first-order valence-electron chi connectivity index (χ1n) is 5.13. The van der Waals surface area contributed by atoms with E-state index >= 15 is 0 Å². The van der Waals surface area contributed by atoms with Crippen molar-refractivity contribution in [3.8, 4) is 0 Å². The van der Waals surface area contributed by atoms with Crippen LogP contribution < -0.4 is 5.73 Å². The van der Waals surface area contributed by atoms with Crippen molar-refractivity contribution in [1.82, 2.24) is 15.1 Å². The molecule has 2 rings (SSSR count). The molecule has 0 fully saturated rings. The Morgan fingerprint density at radius 3 is 3.06 bits per heavy atom. The van der Waals surface area contributed by atoms with E-state index in [1.807, 2.05) is 6.07 Å². The Morgan fingerprint density at radius 2 is 2.44 bits per heavy atom. The lowest BCUT2D eigenvalue weighted by atomic mass is 10.4. The third kappa shape index (κ3) is 3.47. The SMILES string of the molecule is CN(Cc1ccco1)C(=O)CSc1nnc(N)s1. The van der Waals surface area contributed by atoms with Crippen LogP contribution in [0.4, 0.5) is 5.13 Å². The molecule has 0 bridgehead atoms. The van der Waals surface area contributed by atoms with Crippen LogP contribution in [-0.2, 0) is 11.3 Å². The minimum Gasteiger partial charge on any atom is -0.467 e. The lowest BCUT2D eigenvalue weighted by molar-refractivity contribution is -0.127. The predicted octanol–water partition coefficient (Wildman–Crippen LogP) is 1.46. The number of furan rings is 1. The fourth-order valence-electron chi connectivity index (χ4n) is 1.24. The standard InChI is InChI=1S/C10H12N4O2S2/c1-14(5-7-3-2-4-16-7)8(15)6-17-10-13-12-9(11)18-10/h2-4H,5-6H2,1H3,(H2,11,12). The van der Waals surface area contributed by atoms with Gasteiger partial charge in [0.05, 0.1) is 18.6 Å². The molecule has 0 saturated carbocycles. The maximum Gasteiger partial charge on any atom is 0.233 e. The highest BCUT2D eigenvalue weighted by molar-refractivity contribution is 8.01. The van der Waals surface area contributed by atoms with Gasteiger partial charge in [0.15, 0.2) is 4.34 Å². The van der Waals surface area contributed by atoms with Crippen LogP contribution in [0.3, 0.4) is 0 Å². The van der Waals surface area contributed by atoms with Crippen molar-refractivity contribution in [3.05, 3.63) is 24.2 Å². The Bertz CT molecular complexity index is 512. The number of nitrogens with zero attached hydrogens (tertiary/aromatic N) is 3. The van der Waals surface area contributed by atoms with Gasteiger partial charge in [-0.15, -0.1) is 10.2 Å². The molecular formula is C10H12N4O2S2. The minimum atomic E-state index is 0.00479. The monoisotopic (exact) mass is 284 g/mol. The molecule has 0 atom stereocenters. The molecule has 2 aromatic rings. The Morgan fingerprint density at radius 1 is 1.61 bits per heavy atom. The number of carbonyl (C=O) groups excluding carboxylic acids is 1. The first-order chi connectivity index (χ1) is 8.65. The first kappa shape index (κ1) is 12.9. The number of hydrogen-bond donors (Lipinski definition) is 1. The molecule has 18 heavy (non-hydrogen) atoms. The number of nitrogen functional groups attached to an aromatic ring is 1. The number of nitrogens with two attached hydrogens (primary N) is 1. The molecular weight excluding hydrogens is 272 g/mol. The fraction of sp³-hybridized carbons (Fsp3) is 0.300. The highest BCUT2D eigenvalue weighted by Crippen LogP contribution is 2.23. The van der Waals surface area contributed by atoms with Crippen molar-refractivity contribution in [2.75, 3.05) is 18.5 Å². The van der Waals surface area contributed by atoms with Crippen LogP contribution in [0.1, 0.15) is 5.76 Å². The van der Waals surface area contributed by atoms with E-state index < -0.39 is 0 Å². The zero-order chi connectivity index (χ0) is 13.0. The smallest absolute Gasteiger partial charge is 0.233 e. The average Bonchev–Trinajstić information content (AvgIpc) is 2.97. The van der Waals surface area contributed by atoms with Gasteiger partial charge in [0, 0.05) is 7.05 Å². The second-order valence-electron chi connectivity index (χ2n) is 3.52. The van der Waals surface area contributed by atoms with Gasteiger partial charge in [-0.05, 0) is 12.1 Å². The molecule has 96 valence electrons. The summed E-state index contributed by atoms with van der Waals surface area (Å²) in [6.07, 6.45) is 1.59. The van der Waals surface area contributed by atoms with Gasteiger partial charge in [-0.3, -0.25) is 4.79 Å². The van der Waals surface area contributed by atoms with Gasteiger partial charge in [-0.2, -0.15) is 0 Å². The van der Waals surface area contributed by atoms with Crippen LogP contribution >= 0.6 is 23.1 Å². The molecule has 2 N–H and O–H groups in total. The number of rotatable bonds is 5. The van der Waals surface area contributed by atoms with E-state index in [1.54, 1.807) is 24.3 Å². The van der Waals surface area contributed by atoms with Crippen LogP contribution in [0.2, 0.25) is 0 Å². The summed E-state index contributed by atoms with van der Waals surface area (Å²) < 4.78 is 5.88. The zero-order valence-electron chi connectivity index (χ0n) is 9.70. The van der Waals surface area contributed by atoms with Crippen molar-refractivity contribution in [2.24, 2.45) is 0 Å². The van der Waals surface area contributed by atoms with Gasteiger partial charge in [-0.1, -0.05) is 23.1 Å². The van der Waals surface area contributed by atoms with Crippen molar-refractivity contribution in [1.29, 1.82) is 0 Å². The number of hydrogen-bond acceptors (Lipinski definition) is 7. The van der Waals surface area contributed by atoms with E-state index in [4.69, 9.17) is 10.2 Å². The highest BCUT2D eigenvalue weighted by Gasteiger charge is 2.12. The summed E-state index contributed by atoms with van der Waals surface area (Å²) in [7, 11) is 1.74. The molecule has 0 aliphatic carbocycles. The number of anilines is 1. The molecule has 0 spiro atoms. The quantitative estimate of drug-likeness (QED) is 0.837. The Hall–Kier alpha value is -1.54. The van der Waals surface area contributed by atoms with Gasteiger partial charge in [0.1, 0.15) is 5.76 Å². The second kappa shape index (κ2) is 5.87. The van der Waals surface area contributed by atoms with Gasteiger partial charge < -0.3 is 15.1 Å². The molecule has 6 nitrogen and oxygen atoms in total. The zero-order valence-corrected chi connectivity index (χ0v) is 11.3. The number of aromatic nitrogens is 2. The predicted molar refractivity (Wildman–Crippen MR) is 70.2 cm³/mol. The number of amides is 1. The lowest BCUT2D eigenvalue weighted by Crippen LogP contribution is -2.27. The molecule has 1 amide bonds. The molecule has 0 radical (unpaired) electrons. The number of thioether (sulfide) groups is 1. The molecule has 0 aliphatic heterocycles. The van der Waals surface area contributed by atoms with E-state index in [2.05, 4.69) is 10.2 Å². The third-order valence-electron chi connectivity index (χ3n) is 2.14. The van der Waals surface area contributed by atoms with E-state index in [9.17, 15) is 4.79 Å². The van der Waals surface area contributed by atoms with E-state index in [1.165, 1.54) is 23.1 Å². The Kier molecular flexibility index (Phi) is 4.21. The molecule has 8 heteroatoms. The minimum absolute atomic E-state index is 0.00479. The van der Waals surface area contributed by atoms with Gasteiger partial charge in [0.25, 0.3) is 0 Å². The van der Waals surface area contributed by atoms with Crippen molar-refractivity contribution < 1.29 is 9.21 Å². The molecule has 0 aliphatic rings. The highest BCUT2D eigenvalue weighted by atomic mass is 32.2. The van der Waals surface area contributed by atoms with E-state index in [-0.39, 0.29) is 5.91 Å². The normalized spacial score (nSPS) is 10.5. The molecule has 2 heterocycles. The first-order valence-corrected chi connectivity index (χ1v) is 6.93. The maximum absolute atomic E-state index is 11.8. The van der Waals surface area contributed by atoms with Gasteiger partial charge in [-0.25, -0.2) is 0 Å². The van der Waals surface area contributed by atoms with E-state index in [0.717, 1.165) is 5.76 Å². The van der Waals surface area contributed by atoms with Crippen LogP contribution in [0.25, 0.3) is 0 Å². The summed E-state index contributed by atoms with van der Waals surface area (Å²) in [5, 5.41) is 7.94. The van der Waals surface area contributed by atoms with Crippen LogP contribution in [0, 0.1) is 0 Å². The number of carbonyl (C=O) groups is 1. The van der Waals surface area contributed by atoms with Crippen molar-refractivity contribution in [3.63, 3.8) is 0 Å². The average molecular weight is 284 g/mol. The third-order valence-corrected chi connectivity index (χ3v) is 4.01. The maximum atomic E-state index is 11.8. The summed E-state index contributed by atoms with van der Waals surface area (Å²) in [4.78, 5) is 13.4. The molecule has 0 saturated heterocycles.